The number of rotatable bonds is 10. The molecule has 1 rings (SSSR count). The lowest BCUT2D eigenvalue weighted by Crippen LogP contribution is -2.58. The Balaban J connectivity index is 3.25. The van der Waals surface area contributed by atoms with Crippen LogP contribution in [0.1, 0.15) is 74.3 Å². The van der Waals surface area contributed by atoms with Crippen molar-refractivity contribution in [2.75, 3.05) is 13.7 Å². The minimum Gasteiger partial charge on any atom is -0.392 e. The molecule has 0 bridgehead atoms. The molecule has 186 valence electrons. The molecule has 0 saturated carbocycles. The number of aliphatic hydroxyl groups excluding tert-OH is 1. The van der Waals surface area contributed by atoms with Gasteiger partial charge >= 0.3 is 0 Å². The molecule has 2 amide bonds. The maximum atomic E-state index is 13.7. The first-order valence-corrected chi connectivity index (χ1v) is 12.1. The highest BCUT2D eigenvalue weighted by Gasteiger charge is 2.41. The first-order valence-electron chi connectivity index (χ1n) is 12.1. The summed E-state index contributed by atoms with van der Waals surface area (Å²) in [5, 5.41) is 12.6. The second kappa shape index (κ2) is 11.8. The molecule has 3 atom stereocenters. The van der Waals surface area contributed by atoms with Gasteiger partial charge < -0.3 is 15.3 Å². The zero-order chi connectivity index (χ0) is 25.6. The highest BCUT2D eigenvalue weighted by molar-refractivity contribution is 5.90. The Labute approximate surface area is 201 Å². The van der Waals surface area contributed by atoms with Gasteiger partial charge in [-0.25, -0.2) is 0 Å². The third kappa shape index (κ3) is 7.43. The molecule has 0 aliphatic carbocycles. The van der Waals surface area contributed by atoms with Gasteiger partial charge in [0.2, 0.25) is 11.8 Å². The molecule has 0 radical (unpaired) electrons. The van der Waals surface area contributed by atoms with Crippen molar-refractivity contribution in [3.8, 4) is 0 Å². The van der Waals surface area contributed by atoms with E-state index in [1.807, 2.05) is 58.9 Å². The fourth-order valence-electron chi connectivity index (χ4n) is 4.43. The molecule has 5 heteroatoms. The summed E-state index contributed by atoms with van der Waals surface area (Å²) in [4.78, 5) is 29.0. The van der Waals surface area contributed by atoms with E-state index in [9.17, 15) is 14.7 Å². The molecule has 5 nitrogen and oxygen atoms in total. The number of carbonyl (C=O) groups excluding carboxylic acids is 2. The molecule has 33 heavy (non-hydrogen) atoms. The number of carbonyl (C=O) groups is 2. The van der Waals surface area contributed by atoms with Crippen molar-refractivity contribution < 1.29 is 14.7 Å². The monoisotopic (exact) mass is 458 g/mol. The molecule has 2 N–H and O–H groups in total. The van der Waals surface area contributed by atoms with E-state index in [0.717, 1.165) is 11.1 Å². The topological polar surface area (TPSA) is 69.6 Å². The number of amides is 2. The summed E-state index contributed by atoms with van der Waals surface area (Å²) in [5.41, 5.74) is 1.08. The summed E-state index contributed by atoms with van der Waals surface area (Å²) in [6.07, 6.45) is 2.61. The minimum atomic E-state index is -0.667. The van der Waals surface area contributed by atoms with Crippen LogP contribution >= 0.6 is 0 Å². The van der Waals surface area contributed by atoms with Crippen LogP contribution in [-0.2, 0) is 15.0 Å². The Morgan fingerprint density at radius 1 is 1.09 bits per heavy atom. The molecule has 0 heterocycles. The van der Waals surface area contributed by atoms with Crippen molar-refractivity contribution in [2.45, 2.75) is 86.2 Å². The Morgan fingerprint density at radius 2 is 1.64 bits per heavy atom. The fourth-order valence-corrected chi connectivity index (χ4v) is 4.43. The Morgan fingerprint density at radius 3 is 2.06 bits per heavy atom. The first kappa shape index (κ1) is 28.9. The zero-order valence-electron chi connectivity index (χ0n) is 22.4. The van der Waals surface area contributed by atoms with Crippen molar-refractivity contribution in [3.63, 3.8) is 0 Å². The number of nitrogens with one attached hydrogen (secondary N) is 1. The van der Waals surface area contributed by atoms with Gasteiger partial charge in [0.25, 0.3) is 0 Å². The zero-order valence-corrected chi connectivity index (χ0v) is 22.4. The molecule has 0 fully saturated rings. The molecule has 0 saturated heterocycles. The standard InChI is InChI=1S/C28H46N2O3/c1-11-22(28(8,9)21-15-13-12-14-16-21)25(32)29-24(27(5,6)7)26(33)30(10)23(19(2)3)17-20(4)18-31/h12-17,19,22-24,31H,11,18H2,1-10H3,(H,29,32)/b20-17+/t22-,23-,24-/m1/s1. The third-order valence-electron chi connectivity index (χ3n) is 6.70. The molecule has 0 spiro atoms. The maximum absolute atomic E-state index is 13.7. The van der Waals surface area contributed by atoms with E-state index >= 15 is 0 Å². The van der Waals surface area contributed by atoms with Crippen molar-refractivity contribution in [2.24, 2.45) is 17.3 Å². The second-order valence-electron chi connectivity index (χ2n) is 11.2. The molecule has 0 aromatic heterocycles. The number of likely N-dealkylation sites (N-methyl/N-ethyl adjacent to an activating group) is 1. The van der Waals surface area contributed by atoms with Crippen molar-refractivity contribution in [1.29, 1.82) is 0 Å². The Hall–Kier alpha value is -2.14. The van der Waals surface area contributed by atoms with Gasteiger partial charge in [0.15, 0.2) is 0 Å². The summed E-state index contributed by atoms with van der Waals surface area (Å²) in [6, 6.07) is 9.23. The quantitative estimate of drug-likeness (QED) is 0.488. The lowest BCUT2D eigenvalue weighted by molar-refractivity contribution is -0.141. The maximum Gasteiger partial charge on any atom is 0.245 e. The predicted molar refractivity (Wildman–Crippen MR) is 137 cm³/mol. The summed E-state index contributed by atoms with van der Waals surface area (Å²) in [6.45, 7) is 18.1. The van der Waals surface area contributed by atoms with Gasteiger partial charge in [-0.15, -0.1) is 0 Å². The van der Waals surface area contributed by atoms with Crippen LogP contribution in [0.4, 0.5) is 0 Å². The fraction of sp³-hybridized carbons (Fsp3) is 0.643. The van der Waals surface area contributed by atoms with Crippen LogP contribution in [0.5, 0.6) is 0 Å². The van der Waals surface area contributed by atoms with Crippen LogP contribution in [0, 0.1) is 17.3 Å². The molecular formula is C28H46N2O3. The van der Waals surface area contributed by atoms with E-state index in [1.54, 1.807) is 11.9 Å². The normalized spacial score (nSPS) is 15.7. The van der Waals surface area contributed by atoms with Crippen molar-refractivity contribution in [1.82, 2.24) is 10.2 Å². The lowest BCUT2D eigenvalue weighted by atomic mass is 9.71. The molecule has 0 aliphatic heterocycles. The van der Waals surface area contributed by atoms with Crippen LogP contribution in [0.15, 0.2) is 42.0 Å². The minimum absolute atomic E-state index is 0.0442. The number of benzene rings is 1. The molecule has 1 aromatic carbocycles. The smallest absolute Gasteiger partial charge is 0.245 e. The van der Waals surface area contributed by atoms with Crippen molar-refractivity contribution >= 4 is 11.8 Å². The van der Waals surface area contributed by atoms with Gasteiger partial charge in [-0.2, -0.15) is 0 Å². The van der Waals surface area contributed by atoms with E-state index < -0.39 is 11.5 Å². The van der Waals surface area contributed by atoms with Crippen LogP contribution in [0.25, 0.3) is 0 Å². The average Bonchev–Trinajstić information content (AvgIpc) is 2.74. The number of hydrogen-bond donors (Lipinski definition) is 2. The van der Waals surface area contributed by atoms with Gasteiger partial charge in [-0.1, -0.05) is 97.4 Å². The van der Waals surface area contributed by atoms with Crippen molar-refractivity contribution in [3.05, 3.63) is 47.5 Å². The van der Waals surface area contributed by atoms with Crippen LogP contribution in [0.3, 0.4) is 0 Å². The van der Waals surface area contributed by atoms with Crippen LogP contribution < -0.4 is 5.32 Å². The van der Waals surface area contributed by atoms with Gasteiger partial charge in [0.1, 0.15) is 6.04 Å². The van der Waals surface area contributed by atoms with E-state index in [2.05, 4.69) is 45.1 Å². The van der Waals surface area contributed by atoms with E-state index in [-0.39, 0.29) is 41.7 Å². The van der Waals surface area contributed by atoms with Gasteiger partial charge in [-0.05, 0) is 30.2 Å². The molecule has 1 aromatic rings. The highest BCUT2D eigenvalue weighted by atomic mass is 16.3. The van der Waals surface area contributed by atoms with Gasteiger partial charge in [0, 0.05) is 18.4 Å². The number of hydrogen-bond acceptors (Lipinski definition) is 3. The summed E-state index contributed by atoms with van der Waals surface area (Å²) in [7, 11) is 1.78. The largest absolute Gasteiger partial charge is 0.392 e. The third-order valence-corrected chi connectivity index (χ3v) is 6.70. The summed E-state index contributed by atoms with van der Waals surface area (Å²) in [5.74, 6) is -0.336. The average molecular weight is 459 g/mol. The van der Waals surface area contributed by atoms with Gasteiger partial charge in [-0.3, -0.25) is 9.59 Å². The highest BCUT2D eigenvalue weighted by Crippen LogP contribution is 2.34. The number of nitrogens with zero attached hydrogens (tertiary/aromatic N) is 1. The Kier molecular flexibility index (Phi) is 10.4. The SMILES string of the molecule is CC[C@H](C(=O)N[C@H](C(=O)N(C)[C@H](/C=C(\C)CO)C(C)C)C(C)(C)C)C(C)(C)c1ccccc1. The molecular weight excluding hydrogens is 412 g/mol. The molecule has 0 unspecified atom stereocenters. The Bertz CT molecular complexity index is 806. The van der Waals surface area contributed by atoms with Gasteiger partial charge in [0.05, 0.1) is 12.6 Å². The number of aliphatic hydroxyl groups is 1. The van der Waals surface area contributed by atoms with E-state index in [0.29, 0.717) is 6.42 Å². The van der Waals surface area contributed by atoms with Crippen LogP contribution in [-0.4, -0.2) is 47.6 Å². The van der Waals surface area contributed by atoms with E-state index in [4.69, 9.17) is 0 Å². The first-order chi connectivity index (χ1) is 15.2. The van der Waals surface area contributed by atoms with E-state index in [1.165, 1.54) is 0 Å². The predicted octanol–water partition coefficient (Wildman–Crippen LogP) is 4.94. The lowest BCUT2D eigenvalue weighted by Gasteiger charge is -2.40. The molecule has 0 aliphatic rings. The second-order valence-corrected chi connectivity index (χ2v) is 11.2. The summed E-state index contributed by atoms with van der Waals surface area (Å²) >= 11 is 0. The van der Waals surface area contributed by atoms with Crippen LogP contribution in [0.2, 0.25) is 0 Å². The summed E-state index contributed by atoms with van der Waals surface area (Å²) < 4.78 is 0.